The summed E-state index contributed by atoms with van der Waals surface area (Å²) in [5.41, 5.74) is 1.05. The minimum atomic E-state index is 0.0375. The van der Waals surface area contributed by atoms with Gasteiger partial charge in [-0.15, -0.1) is 0 Å². The molecule has 20 heavy (non-hydrogen) atoms. The van der Waals surface area contributed by atoms with Crippen molar-refractivity contribution in [1.82, 2.24) is 24.9 Å². The van der Waals surface area contributed by atoms with Gasteiger partial charge in [-0.3, -0.25) is 4.68 Å². The van der Waals surface area contributed by atoms with Gasteiger partial charge < -0.3 is 15.1 Å². The minimum Gasteiger partial charge on any atom is -0.334 e. The summed E-state index contributed by atoms with van der Waals surface area (Å²) in [6.45, 7) is 6.22. The highest BCUT2D eigenvalue weighted by Gasteiger charge is 2.26. The summed E-state index contributed by atoms with van der Waals surface area (Å²) in [5.74, 6) is 0.596. The van der Waals surface area contributed by atoms with Crippen molar-refractivity contribution < 1.29 is 4.79 Å². The van der Waals surface area contributed by atoms with Crippen LogP contribution < -0.4 is 5.32 Å². The third-order valence-electron chi connectivity index (χ3n) is 3.65. The number of aryl methyl sites for hydroxylation is 1. The molecule has 2 rings (SSSR count). The fourth-order valence-electron chi connectivity index (χ4n) is 2.64. The van der Waals surface area contributed by atoms with E-state index in [4.69, 9.17) is 0 Å². The van der Waals surface area contributed by atoms with Gasteiger partial charge in [0.2, 0.25) is 0 Å². The summed E-state index contributed by atoms with van der Waals surface area (Å²) in [6, 6.07) is 0.0375. The number of nitrogens with one attached hydrogen (secondary N) is 1. The van der Waals surface area contributed by atoms with Crippen LogP contribution in [0.1, 0.15) is 18.9 Å². The van der Waals surface area contributed by atoms with Crippen LogP contribution in [0.25, 0.3) is 0 Å². The highest BCUT2D eigenvalue weighted by molar-refractivity contribution is 5.74. The first kappa shape index (κ1) is 14.8. The van der Waals surface area contributed by atoms with Gasteiger partial charge in [-0.2, -0.15) is 5.10 Å². The number of carbonyl (C=O) groups excluding carboxylic acids is 1. The van der Waals surface area contributed by atoms with Gasteiger partial charge in [0, 0.05) is 44.5 Å². The number of hydrogen-bond donors (Lipinski definition) is 1. The van der Waals surface area contributed by atoms with E-state index in [-0.39, 0.29) is 6.03 Å². The van der Waals surface area contributed by atoms with Gasteiger partial charge in [0.15, 0.2) is 0 Å². The molecule has 2 heterocycles. The molecule has 1 fully saturated rings. The van der Waals surface area contributed by atoms with Gasteiger partial charge in [-0.1, -0.05) is 0 Å². The molecule has 0 bridgehead atoms. The molecule has 1 aliphatic heterocycles. The predicted molar refractivity (Wildman–Crippen MR) is 78.4 cm³/mol. The number of hydrogen-bond acceptors (Lipinski definition) is 3. The molecule has 0 spiro atoms. The van der Waals surface area contributed by atoms with Gasteiger partial charge in [0.1, 0.15) is 0 Å². The van der Waals surface area contributed by atoms with Crippen LogP contribution in [0, 0.1) is 5.92 Å². The molecule has 1 aromatic rings. The first-order chi connectivity index (χ1) is 9.58. The molecule has 0 unspecified atom stereocenters. The summed E-state index contributed by atoms with van der Waals surface area (Å²) in [7, 11) is 4.15. The number of carbonyl (C=O) groups is 1. The van der Waals surface area contributed by atoms with E-state index in [2.05, 4.69) is 29.4 Å². The number of rotatable bonds is 5. The Bertz CT molecular complexity index is 443. The van der Waals surface area contributed by atoms with E-state index in [1.165, 1.54) is 0 Å². The quantitative estimate of drug-likeness (QED) is 0.875. The number of amides is 2. The molecule has 6 heteroatoms. The number of likely N-dealkylation sites (tertiary alicyclic amines) is 1. The maximum absolute atomic E-state index is 12.1. The monoisotopic (exact) mass is 279 g/mol. The Kier molecular flexibility index (Phi) is 5.00. The van der Waals surface area contributed by atoms with Crippen LogP contribution in [0.5, 0.6) is 0 Å². The maximum atomic E-state index is 12.1. The Balaban J connectivity index is 1.75. The fraction of sp³-hybridized carbons (Fsp3) is 0.714. The number of nitrogens with zero attached hydrogens (tertiary/aromatic N) is 4. The molecular formula is C14H25N5O. The SMILES string of the molecule is CCn1cc(CNC(=O)N2CC[C@@H](CN(C)C)C2)cn1. The van der Waals surface area contributed by atoms with Crippen molar-refractivity contribution in [3.05, 3.63) is 18.0 Å². The van der Waals surface area contributed by atoms with Crippen LogP contribution in [-0.4, -0.2) is 59.3 Å². The van der Waals surface area contributed by atoms with Crippen molar-refractivity contribution in [3.63, 3.8) is 0 Å². The molecular weight excluding hydrogens is 254 g/mol. The van der Waals surface area contributed by atoms with Crippen molar-refractivity contribution in [2.24, 2.45) is 5.92 Å². The molecule has 0 radical (unpaired) electrons. The van der Waals surface area contributed by atoms with Gasteiger partial charge in [0.05, 0.1) is 6.20 Å². The summed E-state index contributed by atoms with van der Waals surface area (Å²) in [5, 5.41) is 7.17. The Morgan fingerprint density at radius 3 is 3.00 bits per heavy atom. The largest absolute Gasteiger partial charge is 0.334 e. The van der Waals surface area contributed by atoms with Crippen LogP contribution in [0.3, 0.4) is 0 Å². The van der Waals surface area contributed by atoms with Crippen molar-refractivity contribution >= 4 is 6.03 Å². The summed E-state index contributed by atoms with van der Waals surface area (Å²) < 4.78 is 1.87. The minimum absolute atomic E-state index is 0.0375. The fourth-order valence-corrected chi connectivity index (χ4v) is 2.64. The van der Waals surface area contributed by atoms with E-state index < -0.39 is 0 Å². The van der Waals surface area contributed by atoms with Crippen LogP contribution in [0.4, 0.5) is 4.79 Å². The first-order valence-electron chi connectivity index (χ1n) is 7.27. The molecule has 1 atom stereocenters. The van der Waals surface area contributed by atoms with Gasteiger partial charge in [0.25, 0.3) is 0 Å². The van der Waals surface area contributed by atoms with Gasteiger partial charge >= 0.3 is 6.03 Å². The number of urea groups is 1. The lowest BCUT2D eigenvalue weighted by atomic mass is 10.1. The van der Waals surface area contributed by atoms with Crippen LogP contribution in [-0.2, 0) is 13.1 Å². The Morgan fingerprint density at radius 2 is 2.35 bits per heavy atom. The molecule has 0 aliphatic carbocycles. The predicted octanol–water partition coefficient (Wildman–Crippen LogP) is 0.996. The smallest absolute Gasteiger partial charge is 0.317 e. The standard InChI is InChI=1S/C14H25N5O/c1-4-19-11-13(8-16-19)7-15-14(20)18-6-5-12(10-18)9-17(2)3/h8,11-12H,4-7,9-10H2,1-3H3,(H,15,20)/t12-/m0/s1. The second kappa shape index (κ2) is 6.74. The van der Waals surface area contributed by atoms with Crippen molar-refractivity contribution in [2.75, 3.05) is 33.7 Å². The lowest BCUT2D eigenvalue weighted by molar-refractivity contribution is 0.205. The second-order valence-electron chi connectivity index (χ2n) is 5.73. The molecule has 1 saturated heterocycles. The summed E-state index contributed by atoms with van der Waals surface area (Å²) >= 11 is 0. The van der Waals surface area contributed by atoms with E-state index >= 15 is 0 Å². The Morgan fingerprint density at radius 1 is 1.55 bits per heavy atom. The van der Waals surface area contributed by atoms with Crippen LogP contribution >= 0.6 is 0 Å². The molecule has 0 aromatic carbocycles. The van der Waals surface area contributed by atoms with Crippen LogP contribution in [0.2, 0.25) is 0 Å². The summed E-state index contributed by atoms with van der Waals surface area (Å²) in [6.07, 6.45) is 4.88. The third-order valence-corrected chi connectivity index (χ3v) is 3.65. The van der Waals surface area contributed by atoms with E-state index in [0.717, 1.165) is 38.2 Å². The second-order valence-corrected chi connectivity index (χ2v) is 5.73. The molecule has 1 aromatic heterocycles. The molecule has 0 saturated carbocycles. The normalized spacial score (nSPS) is 18.8. The Labute approximate surface area is 120 Å². The zero-order valence-electron chi connectivity index (χ0n) is 12.7. The van der Waals surface area contributed by atoms with Gasteiger partial charge in [-0.05, 0) is 33.4 Å². The number of aromatic nitrogens is 2. The van der Waals surface area contributed by atoms with Crippen molar-refractivity contribution in [3.8, 4) is 0 Å². The third kappa shape index (κ3) is 3.96. The van der Waals surface area contributed by atoms with Crippen LogP contribution in [0.15, 0.2) is 12.4 Å². The summed E-state index contributed by atoms with van der Waals surface area (Å²) in [4.78, 5) is 16.2. The molecule has 112 valence electrons. The zero-order valence-corrected chi connectivity index (χ0v) is 12.7. The lowest BCUT2D eigenvalue weighted by Gasteiger charge is -2.18. The highest BCUT2D eigenvalue weighted by atomic mass is 16.2. The molecule has 1 N–H and O–H groups in total. The average Bonchev–Trinajstić information content (AvgIpc) is 3.04. The maximum Gasteiger partial charge on any atom is 0.317 e. The zero-order chi connectivity index (χ0) is 14.5. The van der Waals surface area contributed by atoms with Crippen molar-refractivity contribution in [1.29, 1.82) is 0 Å². The highest BCUT2D eigenvalue weighted by Crippen LogP contribution is 2.16. The van der Waals surface area contributed by atoms with E-state index in [9.17, 15) is 4.79 Å². The Hall–Kier alpha value is -1.56. The van der Waals surface area contributed by atoms with Gasteiger partial charge in [-0.25, -0.2) is 4.79 Å². The molecule has 2 amide bonds. The molecule has 6 nitrogen and oxygen atoms in total. The average molecular weight is 279 g/mol. The van der Waals surface area contributed by atoms with E-state index in [1.807, 2.05) is 28.9 Å². The van der Waals surface area contributed by atoms with E-state index in [1.54, 1.807) is 0 Å². The molecule has 1 aliphatic rings. The van der Waals surface area contributed by atoms with Crippen molar-refractivity contribution in [2.45, 2.75) is 26.4 Å². The topological polar surface area (TPSA) is 53.4 Å². The first-order valence-corrected chi connectivity index (χ1v) is 7.27. The van der Waals surface area contributed by atoms with E-state index in [0.29, 0.717) is 12.5 Å². The lowest BCUT2D eigenvalue weighted by Crippen LogP contribution is -2.38.